The molecule has 3 aromatic rings. The number of nitrogens with zero attached hydrogens (tertiary/aromatic N) is 4. The summed E-state index contributed by atoms with van der Waals surface area (Å²) in [4.78, 5) is 33.4. The third-order valence-corrected chi connectivity index (χ3v) is 5.70. The monoisotopic (exact) mass is 409 g/mol. The highest BCUT2D eigenvalue weighted by Crippen LogP contribution is 2.18. The number of pyridine rings is 1. The molecule has 3 heterocycles. The molecule has 1 saturated heterocycles. The van der Waals surface area contributed by atoms with Gasteiger partial charge in [-0.1, -0.05) is 35.6 Å². The molecule has 1 N–H and O–H groups in total. The number of benzene rings is 1. The molecule has 1 aliphatic heterocycles. The Morgan fingerprint density at radius 2 is 1.72 bits per heavy atom. The van der Waals surface area contributed by atoms with Gasteiger partial charge in [0.15, 0.2) is 0 Å². The Labute approximate surface area is 173 Å². The summed E-state index contributed by atoms with van der Waals surface area (Å²) in [5, 5.41) is 4.79. The van der Waals surface area contributed by atoms with Gasteiger partial charge >= 0.3 is 4.87 Å². The van der Waals surface area contributed by atoms with Crippen LogP contribution >= 0.6 is 11.3 Å². The normalized spacial score (nSPS) is 15.3. The van der Waals surface area contributed by atoms with Crippen molar-refractivity contribution in [2.45, 2.75) is 6.67 Å². The smallest absolute Gasteiger partial charge is 0.308 e. The van der Waals surface area contributed by atoms with Crippen molar-refractivity contribution in [2.75, 3.05) is 38.0 Å². The molecule has 1 aromatic carbocycles. The summed E-state index contributed by atoms with van der Waals surface area (Å²) in [6, 6.07) is 15.2. The molecule has 0 atom stereocenters. The Kier molecular flexibility index (Phi) is 6.14. The summed E-state index contributed by atoms with van der Waals surface area (Å²) in [5.74, 6) is -0.00357. The van der Waals surface area contributed by atoms with E-state index in [0.717, 1.165) is 43.3 Å². The molecule has 1 fully saturated rings. The molecule has 0 bridgehead atoms. The predicted molar refractivity (Wildman–Crippen MR) is 115 cm³/mol. The Balaban J connectivity index is 1.31. The Morgan fingerprint density at radius 3 is 2.45 bits per heavy atom. The summed E-state index contributed by atoms with van der Waals surface area (Å²) in [6.45, 7) is 4.11. The summed E-state index contributed by atoms with van der Waals surface area (Å²) >= 11 is 1.20. The van der Waals surface area contributed by atoms with E-state index in [1.54, 1.807) is 10.8 Å². The van der Waals surface area contributed by atoms with Crippen LogP contribution in [0.3, 0.4) is 0 Å². The van der Waals surface area contributed by atoms with E-state index in [2.05, 4.69) is 20.1 Å². The van der Waals surface area contributed by atoms with E-state index >= 15 is 0 Å². The van der Waals surface area contributed by atoms with E-state index in [9.17, 15) is 9.59 Å². The van der Waals surface area contributed by atoms with Crippen LogP contribution in [-0.2, 0) is 11.5 Å². The maximum atomic E-state index is 12.3. The minimum Gasteiger partial charge on any atom is -0.325 e. The van der Waals surface area contributed by atoms with Gasteiger partial charge in [0, 0.05) is 43.4 Å². The molecule has 0 spiro atoms. The minimum atomic E-state index is -0.00357. The maximum absolute atomic E-state index is 12.3. The number of piperazine rings is 1. The molecule has 0 saturated carbocycles. The van der Waals surface area contributed by atoms with Crippen molar-refractivity contribution < 1.29 is 4.79 Å². The van der Waals surface area contributed by atoms with Crippen LogP contribution in [-0.4, -0.2) is 58.0 Å². The van der Waals surface area contributed by atoms with Gasteiger partial charge in [-0.25, -0.2) is 0 Å². The average molecular weight is 410 g/mol. The molecule has 7 nitrogen and oxygen atoms in total. The lowest BCUT2D eigenvalue weighted by Crippen LogP contribution is -2.49. The number of carbonyl (C=O) groups excluding carboxylic acids is 1. The fourth-order valence-electron chi connectivity index (χ4n) is 3.39. The lowest BCUT2D eigenvalue weighted by Gasteiger charge is -2.34. The topological polar surface area (TPSA) is 70.5 Å². The van der Waals surface area contributed by atoms with Gasteiger partial charge in [0.25, 0.3) is 0 Å². The quantitative estimate of drug-likeness (QED) is 0.676. The largest absolute Gasteiger partial charge is 0.325 e. The third-order valence-electron chi connectivity index (χ3n) is 4.94. The van der Waals surface area contributed by atoms with E-state index in [0.29, 0.717) is 13.2 Å². The van der Waals surface area contributed by atoms with Crippen LogP contribution < -0.4 is 10.2 Å². The van der Waals surface area contributed by atoms with Crippen LogP contribution in [0.15, 0.2) is 64.9 Å². The number of hydrogen-bond acceptors (Lipinski definition) is 6. The third kappa shape index (κ3) is 4.97. The molecule has 2 aromatic heterocycles. The number of para-hydroxylation sites is 1. The zero-order chi connectivity index (χ0) is 20.1. The second-order valence-corrected chi connectivity index (χ2v) is 7.80. The van der Waals surface area contributed by atoms with Gasteiger partial charge in [-0.2, -0.15) is 0 Å². The van der Waals surface area contributed by atoms with Crippen LogP contribution in [0, 0.1) is 0 Å². The van der Waals surface area contributed by atoms with E-state index in [1.165, 1.54) is 11.3 Å². The fraction of sp³-hybridized carbons (Fsp3) is 0.286. The molecule has 0 unspecified atom stereocenters. The van der Waals surface area contributed by atoms with Crippen LogP contribution in [0.25, 0.3) is 11.4 Å². The second kappa shape index (κ2) is 9.13. The zero-order valence-electron chi connectivity index (χ0n) is 16.0. The number of aromatic nitrogens is 2. The number of anilines is 1. The van der Waals surface area contributed by atoms with Crippen molar-refractivity contribution in [3.63, 3.8) is 0 Å². The number of nitrogens with one attached hydrogen (secondary N) is 1. The molecule has 1 aliphatic rings. The molecule has 29 heavy (non-hydrogen) atoms. The number of carbonyl (C=O) groups is 1. The molecule has 1 amide bonds. The van der Waals surface area contributed by atoms with Crippen LogP contribution in [0.4, 0.5) is 5.69 Å². The van der Waals surface area contributed by atoms with Crippen molar-refractivity contribution in [2.24, 2.45) is 0 Å². The van der Waals surface area contributed by atoms with Crippen LogP contribution in [0.1, 0.15) is 0 Å². The Hall–Kier alpha value is -2.81. The van der Waals surface area contributed by atoms with Gasteiger partial charge < -0.3 is 5.32 Å². The van der Waals surface area contributed by atoms with Crippen LogP contribution in [0.5, 0.6) is 0 Å². The second-order valence-electron chi connectivity index (χ2n) is 6.98. The first-order chi connectivity index (χ1) is 14.2. The van der Waals surface area contributed by atoms with E-state index in [-0.39, 0.29) is 10.8 Å². The Bertz CT molecular complexity index is 995. The standard InChI is InChI=1S/C21H23N5O2S/c27-20(23-17-6-2-1-3-7-17)14-24-10-12-25(13-11-24)16-26-19(15-29-21(26)28)18-8-4-5-9-22-18/h1-9,15H,10-14,16H2,(H,23,27). The number of rotatable bonds is 6. The lowest BCUT2D eigenvalue weighted by molar-refractivity contribution is -0.117. The van der Waals surface area contributed by atoms with Gasteiger partial charge in [-0.05, 0) is 24.3 Å². The van der Waals surface area contributed by atoms with Crippen molar-refractivity contribution in [3.05, 3.63) is 69.8 Å². The summed E-state index contributed by atoms with van der Waals surface area (Å²) in [6.07, 6.45) is 1.74. The van der Waals surface area contributed by atoms with Crippen LogP contribution in [0.2, 0.25) is 0 Å². The van der Waals surface area contributed by atoms with Gasteiger partial charge in [-0.15, -0.1) is 0 Å². The summed E-state index contributed by atoms with van der Waals surface area (Å²) < 4.78 is 1.78. The summed E-state index contributed by atoms with van der Waals surface area (Å²) in [5.41, 5.74) is 2.47. The number of thiazole rings is 1. The first-order valence-electron chi connectivity index (χ1n) is 9.58. The molecule has 8 heteroatoms. The first-order valence-corrected chi connectivity index (χ1v) is 10.5. The highest BCUT2D eigenvalue weighted by Gasteiger charge is 2.21. The maximum Gasteiger partial charge on any atom is 0.308 e. The number of hydrogen-bond donors (Lipinski definition) is 1. The van der Waals surface area contributed by atoms with Crippen molar-refractivity contribution in [1.29, 1.82) is 0 Å². The highest BCUT2D eigenvalue weighted by atomic mass is 32.1. The SMILES string of the molecule is O=C(CN1CCN(Cn2c(-c3ccccn3)csc2=O)CC1)Nc1ccccc1. The number of amides is 1. The predicted octanol–water partition coefficient (Wildman–Crippen LogP) is 2.19. The molecule has 4 rings (SSSR count). The van der Waals surface area contributed by atoms with Crippen molar-refractivity contribution in [3.8, 4) is 11.4 Å². The molecule has 0 radical (unpaired) electrons. The Morgan fingerprint density at radius 1 is 1.00 bits per heavy atom. The van der Waals surface area contributed by atoms with E-state index < -0.39 is 0 Å². The van der Waals surface area contributed by atoms with Gasteiger partial charge in [0.05, 0.1) is 24.6 Å². The molecule has 0 aliphatic carbocycles. The molecular formula is C21H23N5O2S. The first kappa shape index (κ1) is 19.5. The highest BCUT2D eigenvalue weighted by molar-refractivity contribution is 7.07. The summed E-state index contributed by atoms with van der Waals surface area (Å²) in [7, 11) is 0. The van der Waals surface area contributed by atoms with Gasteiger partial charge in [0.1, 0.15) is 0 Å². The van der Waals surface area contributed by atoms with Crippen molar-refractivity contribution in [1.82, 2.24) is 19.4 Å². The zero-order valence-corrected chi connectivity index (χ0v) is 16.8. The molecule has 150 valence electrons. The lowest BCUT2D eigenvalue weighted by atomic mass is 10.3. The fourth-order valence-corrected chi connectivity index (χ4v) is 4.14. The van der Waals surface area contributed by atoms with Crippen molar-refractivity contribution >= 4 is 22.9 Å². The van der Waals surface area contributed by atoms with Gasteiger partial charge in [0.2, 0.25) is 5.91 Å². The average Bonchev–Trinajstić information content (AvgIpc) is 3.11. The minimum absolute atomic E-state index is 0.00357. The van der Waals surface area contributed by atoms with Gasteiger partial charge in [-0.3, -0.25) is 28.9 Å². The molecular weight excluding hydrogens is 386 g/mol. The van der Waals surface area contributed by atoms with E-state index in [1.807, 2.05) is 53.9 Å². The van der Waals surface area contributed by atoms with E-state index in [4.69, 9.17) is 0 Å².